The van der Waals surface area contributed by atoms with Crippen LogP contribution < -0.4 is 20.8 Å². The summed E-state index contributed by atoms with van der Waals surface area (Å²) in [5.41, 5.74) is 0. The molecule has 11 heteroatoms. The summed E-state index contributed by atoms with van der Waals surface area (Å²) in [5, 5.41) is 26.3. The molecule has 2 N–H and O–H groups in total. The van der Waals surface area contributed by atoms with Crippen LogP contribution in [0.25, 0.3) is 0 Å². The maximum absolute atomic E-state index is 10.5. The van der Waals surface area contributed by atoms with Crippen LogP contribution in [0.5, 0.6) is 0 Å². The molecule has 0 saturated heterocycles. The SMILES string of the molecule is CC(C)N=C(NC(C)C)C(=O)[O-].CC(C)N=C(NC(C)C)C(=O)[O-].[C]=O.[C]=O.[Ru+2]. The van der Waals surface area contributed by atoms with Gasteiger partial charge in [0.25, 0.3) is 13.6 Å². The van der Waals surface area contributed by atoms with Crippen molar-refractivity contribution in [2.45, 2.75) is 79.6 Å². The third-order valence-electron chi connectivity index (χ3n) is 2.01. The van der Waals surface area contributed by atoms with E-state index >= 15 is 0 Å². The number of nitrogens with one attached hydrogen (secondary N) is 2. The summed E-state index contributed by atoms with van der Waals surface area (Å²) in [6.07, 6.45) is 0. The normalized spacial score (nSPS) is 10.5. The molecule has 0 aliphatic carbocycles. The number of hydrogen-bond donors (Lipinski definition) is 2. The van der Waals surface area contributed by atoms with Crippen molar-refractivity contribution in [1.82, 2.24) is 10.6 Å². The summed E-state index contributed by atoms with van der Waals surface area (Å²) in [6.45, 7) is 23.6. The second kappa shape index (κ2) is 23.9. The molecule has 0 atom stereocenters. The number of carbonyl (C=O) groups excluding carboxylic acids is 4. The van der Waals surface area contributed by atoms with Crippen LogP contribution in [0.3, 0.4) is 0 Å². The zero-order valence-electron chi connectivity index (χ0n) is 18.0. The van der Waals surface area contributed by atoms with E-state index in [2.05, 4.69) is 34.2 Å². The Balaban J connectivity index is -0.000000109. The molecule has 0 aromatic rings. The fraction of sp³-hybridized carbons (Fsp3) is 0.667. The van der Waals surface area contributed by atoms with Crippen LogP contribution in [-0.4, -0.2) is 61.4 Å². The number of carboxylic acid groups (broad SMARTS) is 2. The fourth-order valence-electron chi connectivity index (χ4n) is 1.36. The van der Waals surface area contributed by atoms with Gasteiger partial charge < -0.3 is 30.4 Å². The molecular weight excluding hydrogens is 469 g/mol. The van der Waals surface area contributed by atoms with E-state index in [-0.39, 0.29) is 55.3 Å². The number of nitrogens with zero attached hydrogens (tertiary/aromatic N) is 2. The van der Waals surface area contributed by atoms with Crippen LogP contribution in [0.2, 0.25) is 0 Å². The number of carbonyl (C=O) groups is 2. The van der Waals surface area contributed by atoms with Crippen molar-refractivity contribution in [2.24, 2.45) is 9.98 Å². The predicted molar refractivity (Wildman–Crippen MR) is 103 cm³/mol. The average molecular weight is 500 g/mol. The minimum absolute atomic E-state index is 0. The second-order valence-electron chi connectivity index (χ2n) is 6.32. The van der Waals surface area contributed by atoms with E-state index in [1.54, 1.807) is 0 Å². The van der Waals surface area contributed by atoms with Crippen LogP contribution in [0, 0.1) is 0 Å². The van der Waals surface area contributed by atoms with E-state index in [9.17, 15) is 19.8 Å². The molecule has 166 valence electrons. The molecule has 0 unspecified atom stereocenters. The van der Waals surface area contributed by atoms with Gasteiger partial charge in [-0.3, -0.25) is 19.6 Å². The summed E-state index contributed by atoms with van der Waals surface area (Å²) >= 11 is 0. The molecule has 0 amide bonds. The third kappa shape index (κ3) is 30.8. The Morgan fingerprint density at radius 2 is 0.862 bits per heavy atom. The summed E-state index contributed by atoms with van der Waals surface area (Å²) in [6, 6.07) is 0.0362. The molecule has 0 aromatic carbocycles. The summed E-state index contributed by atoms with van der Waals surface area (Å²) in [4.78, 5) is 43.7. The molecule has 0 bridgehead atoms. The summed E-state index contributed by atoms with van der Waals surface area (Å²) < 4.78 is 0. The van der Waals surface area contributed by atoms with Crippen molar-refractivity contribution in [1.29, 1.82) is 0 Å². The van der Waals surface area contributed by atoms with Crippen molar-refractivity contribution in [3.63, 3.8) is 0 Å². The van der Waals surface area contributed by atoms with Gasteiger partial charge in [0.05, 0.1) is 0 Å². The molecule has 0 heterocycles. The van der Waals surface area contributed by atoms with E-state index in [0.717, 1.165) is 0 Å². The molecule has 29 heavy (non-hydrogen) atoms. The minimum Gasteiger partial charge on any atom is -0.542 e. The van der Waals surface area contributed by atoms with Gasteiger partial charge in [0.1, 0.15) is 23.6 Å². The van der Waals surface area contributed by atoms with Crippen LogP contribution >= 0.6 is 0 Å². The first-order valence-corrected chi connectivity index (χ1v) is 8.38. The first kappa shape index (κ1) is 37.6. The van der Waals surface area contributed by atoms with Gasteiger partial charge in [-0.25, -0.2) is 0 Å². The molecule has 0 aromatic heterocycles. The Hall–Kier alpha value is -2.16. The number of aliphatic carboxylic acids is 2. The van der Waals surface area contributed by atoms with Crippen molar-refractivity contribution in [2.75, 3.05) is 0 Å². The number of hydrogen-bond acceptors (Lipinski definition) is 8. The number of carboxylic acids is 2. The van der Waals surface area contributed by atoms with Crippen molar-refractivity contribution < 1.29 is 48.9 Å². The molecule has 0 fully saturated rings. The monoisotopic (exact) mass is 500 g/mol. The molecule has 0 saturated carbocycles. The Bertz CT molecular complexity index is 451. The molecule has 10 nitrogen and oxygen atoms in total. The number of rotatable bonds is 4. The van der Waals surface area contributed by atoms with E-state index in [1.165, 1.54) is 0 Å². The van der Waals surface area contributed by atoms with Crippen molar-refractivity contribution in [3.05, 3.63) is 0 Å². The number of aliphatic imine (C=N–C) groups is 2. The minimum atomic E-state index is -1.25. The van der Waals surface area contributed by atoms with Crippen LogP contribution in [0.1, 0.15) is 55.4 Å². The fourth-order valence-corrected chi connectivity index (χ4v) is 1.36. The zero-order valence-corrected chi connectivity index (χ0v) is 19.7. The Labute approximate surface area is 186 Å². The van der Waals surface area contributed by atoms with E-state index in [1.807, 2.05) is 55.4 Å². The van der Waals surface area contributed by atoms with E-state index in [0.29, 0.717) is 0 Å². The van der Waals surface area contributed by atoms with E-state index in [4.69, 9.17) is 9.59 Å². The standard InChI is InChI=1S/2C8H16N2O2.2CO.Ru/c2*1-5(2)9-7(8(11)12)10-6(3)4;2*1-2;/h2*5-6H,1-4H3,(H,9,10)(H,11,12);;;/q;;;;+2/p-2. The summed E-state index contributed by atoms with van der Waals surface area (Å²) in [5.74, 6) is -2.64. The van der Waals surface area contributed by atoms with Gasteiger partial charge >= 0.3 is 19.5 Å². The first-order chi connectivity index (χ1) is 12.9. The van der Waals surface area contributed by atoms with Crippen molar-refractivity contribution >= 4 is 37.2 Å². The van der Waals surface area contributed by atoms with Crippen LogP contribution in [-0.2, 0) is 38.7 Å². The molecule has 0 aliphatic heterocycles. The Morgan fingerprint density at radius 1 is 0.655 bits per heavy atom. The van der Waals surface area contributed by atoms with E-state index < -0.39 is 11.9 Å². The number of amidine groups is 2. The maximum Gasteiger partial charge on any atom is 2.00 e. The third-order valence-corrected chi connectivity index (χ3v) is 2.01. The zero-order chi connectivity index (χ0) is 23.4. The average Bonchev–Trinajstić information content (AvgIpc) is 2.56. The van der Waals surface area contributed by atoms with Gasteiger partial charge in [-0.05, 0) is 55.4 Å². The molecule has 0 spiro atoms. The van der Waals surface area contributed by atoms with Gasteiger partial charge in [0.2, 0.25) is 0 Å². The van der Waals surface area contributed by atoms with Gasteiger partial charge in [-0.15, -0.1) is 0 Å². The Kier molecular flexibility index (Phi) is 30.9. The topological polar surface area (TPSA) is 163 Å². The largest absolute Gasteiger partial charge is 2.00 e. The molecular formula is C18H30N4O6Ru. The molecule has 0 rings (SSSR count). The molecule has 4 radical (unpaired) electrons. The van der Waals surface area contributed by atoms with Gasteiger partial charge in [0, 0.05) is 24.2 Å². The van der Waals surface area contributed by atoms with Gasteiger partial charge in [-0.2, -0.15) is 0 Å². The maximum atomic E-state index is 10.5. The van der Waals surface area contributed by atoms with Crippen molar-refractivity contribution in [3.8, 4) is 0 Å². The van der Waals surface area contributed by atoms with Crippen LogP contribution in [0.4, 0.5) is 0 Å². The Morgan fingerprint density at radius 3 is 0.966 bits per heavy atom. The molecule has 0 aliphatic rings. The first-order valence-electron chi connectivity index (χ1n) is 8.38. The summed E-state index contributed by atoms with van der Waals surface area (Å²) in [7, 11) is 0. The smallest absolute Gasteiger partial charge is 0.542 e. The van der Waals surface area contributed by atoms with Gasteiger partial charge in [0.15, 0.2) is 0 Å². The second-order valence-corrected chi connectivity index (χ2v) is 6.32. The van der Waals surface area contributed by atoms with Gasteiger partial charge in [-0.1, -0.05) is 0 Å². The van der Waals surface area contributed by atoms with Crippen LogP contribution in [0.15, 0.2) is 9.98 Å². The predicted octanol–water partition coefficient (Wildman–Crippen LogP) is -1.71. The quantitative estimate of drug-likeness (QED) is 0.262.